The lowest BCUT2D eigenvalue weighted by atomic mass is 9.69. The Morgan fingerprint density at radius 3 is 2.29 bits per heavy atom. The fourth-order valence-electron chi connectivity index (χ4n) is 3.72. The average Bonchev–Trinajstić information content (AvgIpc) is 2.39. The van der Waals surface area contributed by atoms with E-state index in [1.165, 1.54) is 51.4 Å². The molecule has 0 spiro atoms. The molecule has 0 saturated heterocycles. The number of hydrogen-bond donors (Lipinski definition) is 2. The Kier molecular flexibility index (Phi) is 4.87. The first-order chi connectivity index (χ1) is 8.24. The summed E-state index contributed by atoms with van der Waals surface area (Å²) in [6.07, 6.45) is 12.2. The molecular formula is C15H29NO. The van der Waals surface area contributed by atoms with Crippen molar-refractivity contribution in [1.82, 2.24) is 5.32 Å². The van der Waals surface area contributed by atoms with Crippen LogP contribution in [0.1, 0.15) is 71.1 Å². The van der Waals surface area contributed by atoms with Crippen LogP contribution in [0.3, 0.4) is 0 Å². The Balaban J connectivity index is 1.79. The highest BCUT2D eigenvalue weighted by molar-refractivity contribution is 4.93. The van der Waals surface area contributed by atoms with Crippen molar-refractivity contribution in [3.05, 3.63) is 0 Å². The molecule has 0 heterocycles. The summed E-state index contributed by atoms with van der Waals surface area (Å²) in [5.41, 5.74) is -0.315. The number of nitrogens with one attached hydrogen (secondary N) is 1. The van der Waals surface area contributed by atoms with Crippen molar-refractivity contribution in [3.63, 3.8) is 0 Å². The Bertz CT molecular complexity index is 215. The number of hydrogen-bond acceptors (Lipinski definition) is 2. The summed E-state index contributed by atoms with van der Waals surface area (Å²) in [7, 11) is 0. The quantitative estimate of drug-likeness (QED) is 0.789. The summed E-state index contributed by atoms with van der Waals surface area (Å²) in [5.74, 6) is 0.600. The summed E-state index contributed by atoms with van der Waals surface area (Å²) in [5, 5.41) is 14.4. The molecule has 0 aromatic heterocycles. The van der Waals surface area contributed by atoms with Crippen LogP contribution in [0.15, 0.2) is 0 Å². The van der Waals surface area contributed by atoms with Crippen molar-refractivity contribution in [2.45, 2.75) is 82.8 Å². The second-order valence-corrected chi connectivity index (χ2v) is 6.17. The molecule has 2 rings (SSSR count). The highest BCUT2D eigenvalue weighted by Gasteiger charge is 2.40. The first-order valence-electron chi connectivity index (χ1n) is 7.70. The third-order valence-corrected chi connectivity index (χ3v) is 4.90. The lowest BCUT2D eigenvalue weighted by molar-refractivity contribution is -0.0661. The van der Waals surface area contributed by atoms with E-state index in [1.54, 1.807) is 0 Å². The van der Waals surface area contributed by atoms with Crippen molar-refractivity contribution in [2.75, 3.05) is 6.54 Å². The summed E-state index contributed by atoms with van der Waals surface area (Å²) in [4.78, 5) is 0. The third kappa shape index (κ3) is 3.45. The van der Waals surface area contributed by atoms with Crippen molar-refractivity contribution >= 4 is 0 Å². The van der Waals surface area contributed by atoms with E-state index < -0.39 is 0 Å². The zero-order valence-electron chi connectivity index (χ0n) is 11.4. The zero-order chi connectivity index (χ0) is 12.1. The molecule has 0 amide bonds. The predicted molar refractivity (Wildman–Crippen MR) is 72.1 cm³/mol. The smallest absolute Gasteiger partial charge is 0.0677 e. The molecule has 2 heteroatoms. The van der Waals surface area contributed by atoms with Crippen molar-refractivity contribution in [3.8, 4) is 0 Å². The van der Waals surface area contributed by atoms with E-state index in [4.69, 9.17) is 0 Å². The molecule has 0 aromatic carbocycles. The molecule has 0 bridgehead atoms. The van der Waals surface area contributed by atoms with Crippen LogP contribution in [0.5, 0.6) is 0 Å². The third-order valence-electron chi connectivity index (χ3n) is 4.90. The second kappa shape index (κ2) is 6.19. The monoisotopic (exact) mass is 239 g/mol. The van der Waals surface area contributed by atoms with Crippen LogP contribution in [0, 0.1) is 5.92 Å². The molecule has 0 aromatic rings. The molecule has 2 nitrogen and oxygen atoms in total. The van der Waals surface area contributed by atoms with Gasteiger partial charge in [-0.1, -0.05) is 26.2 Å². The predicted octanol–water partition coefficient (Wildman–Crippen LogP) is 3.24. The Hall–Kier alpha value is -0.0800. The van der Waals surface area contributed by atoms with Crippen molar-refractivity contribution in [2.24, 2.45) is 5.92 Å². The van der Waals surface area contributed by atoms with Gasteiger partial charge in [0.05, 0.1) is 5.60 Å². The van der Waals surface area contributed by atoms with Crippen LogP contribution in [0.25, 0.3) is 0 Å². The van der Waals surface area contributed by atoms with Crippen LogP contribution in [0.2, 0.25) is 0 Å². The van der Waals surface area contributed by atoms with Gasteiger partial charge in [-0.25, -0.2) is 0 Å². The summed E-state index contributed by atoms with van der Waals surface area (Å²) in [6.45, 7) is 3.35. The van der Waals surface area contributed by atoms with Gasteiger partial charge in [0.25, 0.3) is 0 Å². The second-order valence-electron chi connectivity index (χ2n) is 6.17. The normalized spacial score (nSPS) is 36.0. The van der Waals surface area contributed by atoms with Crippen molar-refractivity contribution < 1.29 is 5.11 Å². The van der Waals surface area contributed by atoms with E-state index >= 15 is 0 Å². The van der Waals surface area contributed by atoms with Crippen LogP contribution >= 0.6 is 0 Å². The van der Waals surface area contributed by atoms with Gasteiger partial charge in [0, 0.05) is 6.04 Å². The van der Waals surface area contributed by atoms with Crippen LogP contribution in [-0.2, 0) is 0 Å². The molecule has 100 valence electrons. The van der Waals surface area contributed by atoms with Gasteiger partial charge in [0.15, 0.2) is 0 Å². The van der Waals surface area contributed by atoms with Gasteiger partial charge in [-0.15, -0.1) is 0 Å². The van der Waals surface area contributed by atoms with Crippen LogP contribution in [-0.4, -0.2) is 23.3 Å². The first-order valence-corrected chi connectivity index (χ1v) is 7.70. The molecule has 0 unspecified atom stereocenters. The van der Waals surface area contributed by atoms with Gasteiger partial charge >= 0.3 is 0 Å². The first kappa shape index (κ1) is 13.4. The molecular weight excluding hydrogens is 210 g/mol. The van der Waals surface area contributed by atoms with Crippen molar-refractivity contribution in [1.29, 1.82) is 0 Å². The highest BCUT2D eigenvalue weighted by atomic mass is 16.3. The van der Waals surface area contributed by atoms with Gasteiger partial charge in [-0.2, -0.15) is 0 Å². The van der Waals surface area contributed by atoms with E-state index in [0.717, 1.165) is 19.4 Å². The maximum atomic E-state index is 10.8. The Labute approximate surface area is 106 Å². The molecule has 2 aliphatic carbocycles. The maximum absolute atomic E-state index is 10.8. The molecule has 0 atom stereocenters. The van der Waals surface area contributed by atoms with E-state index in [-0.39, 0.29) is 5.60 Å². The van der Waals surface area contributed by atoms with Gasteiger partial charge in [0.1, 0.15) is 0 Å². The average molecular weight is 239 g/mol. The minimum absolute atomic E-state index is 0.315. The minimum Gasteiger partial charge on any atom is -0.390 e. The van der Waals surface area contributed by atoms with E-state index in [0.29, 0.717) is 12.0 Å². The summed E-state index contributed by atoms with van der Waals surface area (Å²) in [6, 6.07) is 0.666. The molecule has 2 aliphatic rings. The Morgan fingerprint density at radius 1 is 1.06 bits per heavy atom. The fraction of sp³-hybridized carbons (Fsp3) is 1.00. The maximum Gasteiger partial charge on any atom is 0.0677 e. The number of rotatable bonds is 4. The molecule has 17 heavy (non-hydrogen) atoms. The molecule has 0 radical (unpaired) electrons. The van der Waals surface area contributed by atoms with Gasteiger partial charge < -0.3 is 10.4 Å². The molecule has 2 fully saturated rings. The van der Waals surface area contributed by atoms with E-state index in [2.05, 4.69) is 12.2 Å². The molecule has 0 aliphatic heterocycles. The standard InChI is InChI=1S/C15H29NO/c1-2-12-16-14-8-10-15(17,11-9-14)13-6-4-3-5-7-13/h13-14,16-17H,2-12H2,1H3. The minimum atomic E-state index is -0.315. The molecule has 2 saturated carbocycles. The van der Waals surface area contributed by atoms with E-state index in [1.807, 2.05) is 0 Å². The van der Waals surface area contributed by atoms with Gasteiger partial charge in [-0.3, -0.25) is 0 Å². The highest BCUT2D eigenvalue weighted by Crippen LogP contribution is 2.41. The fourth-order valence-corrected chi connectivity index (χ4v) is 3.72. The Morgan fingerprint density at radius 2 is 1.71 bits per heavy atom. The lowest BCUT2D eigenvalue weighted by Gasteiger charge is -2.43. The zero-order valence-corrected chi connectivity index (χ0v) is 11.4. The topological polar surface area (TPSA) is 32.3 Å². The summed E-state index contributed by atoms with van der Waals surface area (Å²) < 4.78 is 0. The van der Waals surface area contributed by atoms with Gasteiger partial charge in [0.2, 0.25) is 0 Å². The van der Waals surface area contributed by atoms with Gasteiger partial charge in [-0.05, 0) is 57.4 Å². The lowest BCUT2D eigenvalue weighted by Crippen LogP contribution is -2.46. The van der Waals surface area contributed by atoms with Crippen LogP contribution in [0.4, 0.5) is 0 Å². The van der Waals surface area contributed by atoms with E-state index in [9.17, 15) is 5.11 Å². The SMILES string of the molecule is CCCNC1CCC(O)(C2CCCCC2)CC1. The largest absolute Gasteiger partial charge is 0.390 e. The van der Waals surface area contributed by atoms with Crippen LogP contribution < -0.4 is 5.32 Å². The molecule has 2 N–H and O–H groups in total. The summed E-state index contributed by atoms with van der Waals surface area (Å²) >= 11 is 0. The number of aliphatic hydroxyl groups is 1.